The second-order valence-electron chi connectivity index (χ2n) is 11.3. The van der Waals surface area contributed by atoms with Gasteiger partial charge in [-0.15, -0.1) is 0 Å². The minimum absolute atomic E-state index is 0.0160. The number of methoxy groups -OCH3 is 1. The lowest BCUT2D eigenvalue weighted by Gasteiger charge is -2.28. The molecule has 2 aliphatic heterocycles. The number of benzene rings is 3. The van der Waals surface area contributed by atoms with Crippen LogP contribution in [0, 0.1) is 12.8 Å². The first-order valence-corrected chi connectivity index (χ1v) is 15.3. The van der Waals surface area contributed by atoms with Gasteiger partial charge in [0.25, 0.3) is 0 Å². The number of carbonyl (C=O) groups is 2. The molecule has 0 spiro atoms. The van der Waals surface area contributed by atoms with Crippen molar-refractivity contribution < 1.29 is 33.6 Å². The van der Waals surface area contributed by atoms with Crippen molar-refractivity contribution in [3.8, 4) is 17.2 Å². The third-order valence-electron chi connectivity index (χ3n) is 8.48. The van der Waals surface area contributed by atoms with E-state index in [4.69, 9.17) is 18.9 Å². The number of ether oxygens (including phenoxy) is 4. The van der Waals surface area contributed by atoms with E-state index in [2.05, 4.69) is 38.2 Å². The van der Waals surface area contributed by atoms with Crippen LogP contribution in [0.25, 0.3) is 0 Å². The Hall–Kier alpha value is -4.08. The van der Waals surface area contributed by atoms with Crippen LogP contribution in [0.3, 0.4) is 0 Å². The van der Waals surface area contributed by atoms with Gasteiger partial charge in [-0.25, -0.2) is 0 Å². The molecule has 1 unspecified atom stereocenters. The summed E-state index contributed by atoms with van der Waals surface area (Å²) >= 11 is 0. The van der Waals surface area contributed by atoms with E-state index in [9.17, 15) is 14.7 Å². The van der Waals surface area contributed by atoms with Gasteiger partial charge in [-0.3, -0.25) is 14.5 Å². The third kappa shape index (κ3) is 6.69. The maximum Gasteiger partial charge on any atom is 0.309 e. The summed E-state index contributed by atoms with van der Waals surface area (Å²) in [5, 5.41) is 13.9. The Labute approximate surface area is 259 Å². The van der Waals surface area contributed by atoms with Crippen molar-refractivity contribution >= 4 is 17.6 Å². The predicted molar refractivity (Wildman–Crippen MR) is 168 cm³/mol. The lowest BCUT2D eigenvalue weighted by atomic mass is 9.82. The number of carboxylic acids is 1. The van der Waals surface area contributed by atoms with Gasteiger partial charge in [0.05, 0.1) is 25.1 Å². The van der Waals surface area contributed by atoms with Crippen LogP contribution in [0.2, 0.25) is 0 Å². The molecule has 1 fully saturated rings. The molecule has 0 aliphatic carbocycles. The van der Waals surface area contributed by atoms with Gasteiger partial charge in [0, 0.05) is 30.8 Å². The van der Waals surface area contributed by atoms with Crippen LogP contribution in [0.1, 0.15) is 53.6 Å². The van der Waals surface area contributed by atoms with Crippen LogP contribution >= 0.6 is 0 Å². The number of likely N-dealkylation sites (tertiary alicyclic amines) is 1. The van der Waals surface area contributed by atoms with Gasteiger partial charge < -0.3 is 29.4 Å². The summed E-state index contributed by atoms with van der Waals surface area (Å²) < 4.78 is 22.8. The van der Waals surface area contributed by atoms with Crippen molar-refractivity contribution in [1.29, 1.82) is 0 Å². The zero-order chi connectivity index (χ0) is 31.2. The molecule has 0 aromatic heterocycles. The standard InChI is InChI=1S/C35H42N2O7/c1-5-23-17-22(3)18-24(6-2)33(23)36-31(38)21-37-20-27(25-11-12-29-30(19-25)44-16-15-43-29)32(35(39)40)34(37)26-9-7-8-10-28(26)42-14-13-41-4/h7-12,17-19,27,32,34H,5-6,13-16,20-21H2,1-4H3,(H,36,38)(H,39,40)/t27-,32?,34+/m1/s1. The van der Waals surface area contributed by atoms with Gasteiger partial charge in [-0.1, -0.05) is 55.8 Å². The van der Waals surface area contributed by atoms with Crippen molar-refractivity contribution in [1.82, 2.24) is 4.90 Å². The van der Waals surface area contributed by atoms with E-state index in [0.29, 0.717) is 50.2 Å². The number of fused-ring (bicyclic) bond motifs is 1. The van der Waals surface area contributed by atoms with Crippen LogP contribution in [-0.4, -0.2) is 68.5 Å². The molecule has 2 N–H and O–H groups in total. The second-order valence-corrected chi connectivity index (χ2v) is 11.3. The van der Waals surface area contributed by atoms with Gasteiger partial charge in [0.15, 0.2) is 11.5 Å². The summed E-state index contributed by atoms with van der Waals surface area (Å²) in [5.74, 6) is -0.565. The minimum atomic E-state index is -0.940. The molecule has 1 saturated heterocycles. The zero-order valence-corrected chi connectivity index (χ0v) is 25.9. The lowest BCUT2D eigenvalue weighted by Crippen LogP contribution is -2.35. The van der Waals surface area contributed by atoms with Crippen molar-refractivity contribution in [3.63, 3.8) is 0 Å². The molecule has 9 nitrogen and oxygen atoms in total. The summed E-state index contributed by atoms with van der Waals surface area (Å²) in [5.41, 5.74) is 5.73. The number of carboxylic acid groups (broad SMARTS) is 1. The first-order valence-electron chi connectivity index (χ1n) is 15.3. The van der Waals surface area contributed by atoms with Crippen molar-refractivity contribution in [2.45, 2.75) is 45.6 Å². The van der Waals surface area contributed by atoms with Gasteiger partial charge in [-0.05, 0) is 54.7 Å². The topological polar surface area (TPSA) is 107 Å². The number of aryl methyl sites for hydroxylation is 3. The van der Waals surface area contributed by atoms with E-state index in [0.717, 1.165) is 46.3 Å². The normalized spacial score (nSPS) is 19.5. The molecule has 234 valence electrons. The monoisotopic (exact) mass is 602 g/mol. The first-order chi connectivity index (χ1) is 21.3. The van der Waals surface area contributed by atoms with Crippen molar-refractivity contribution in [2.24, 2.45) is 5.92 Å². The molecule has 44 heavy (non-hydrogen) atoms. The summed E-state index contributed by atoms with van der Waals surface area (Å²) in [6.07, 6.45) is 1.58. The molecule has 0 bridgehead atoms. The fourth-order valence-electron chi connectivity index (χ4n) is 6.51. The SMILES string of the molecule is CCc1cc(C)cc(CC)c1NC(=O)CN1C[C@H](c2ccc3c(c2)OCCO3)C(C(=O)O)[C@@H]1c1ccccc1OCCOC. The Kier molecular flexibility index (Phi) is 10.1. The summed E-state index contributed by atoms with van der Waals surface area (Å²) in [7, 11) is 1.60. The summed E-state index contributed by atoms with van der Waals surface area (Å²) in [6.45, 7) is 8.21. The number of rotatable bonds is 12. The molecule has 3 atom stereocenters. The molecule has 0 saturated carbocycles. The highest BCUT2D eigenvalue weighted by Gasteiger charge is 2.49. The number of nitrogens with zero attached hydrogens (tertiary/aromatic N) is 1. The van der Waals surface area contributed by atoms with E-state index in [1.807, 2.05) is 47.4 Å². The Morgan fingerprint density at radius 1 is 0.977 bits per heavy atom. The molecular formula is C35H42N2O7. The molecule has 5 rings (SSSR count). The number of hydrogen-bond acceptors (Lipinski definition) is 7. The quantitative estimate of drug-likeness (QED) is 0.266. The van der Waals surface area contributed by atoms with Crippen LogP contribution < -0.4 is 19.5 Å². The fraction of sp³-hybridized carbons (Fsp3) is 0.429. The van der Waals surface area contributed by atoms with Crippen LogP contribution in [-0.2, 0) is 27.2 Å². The Morgan fingerprint density at radius 3 is 2.36 bits per heavy atom. The van der Waals surface area contributed by atoms with Crippen molar-refractivity contribution in [3.05, 3.63) is 82.4 Å². The predicted octanol–water partition coefficient (Wildman–Crippen LogP) is 5.40. The number of para-hydroxylation sites is 1. The van der Waals surface area contributed by atoms with Gasteiger partial charge in [-0.2, -0.15) is 0 Å². The summed E-state index contributed by atoms with van der Waals surface area (Å²) in [4.78, 5) is 28.9. The van der Waals surface area contributed by atoms with Crippen LogP contribution in [0.15, 0.2) is 54.6 Å². The number of aliphatic carboxylic acids is 1. The van der Waals surface area contributed by atoms with Gasteiger partial charge in [0.2, 0.25) is 5.91 Å². The Bertz CT molecular complexity index is 1460. The average Bonchev–Trinajstić information content (AvgIpc) is 3.40. The molecule has 9 heteroatoms. The molecule has 2 aliphatic rings. The van der Waals surface area contributed by atoms with E-state index in [1.54, 1.807) is 7.11 Å². The summed E-state index contributed by atoms with van der Waals surface area (Å²) in [6, 6.07) is 16.7. The van der Waals surface area contributed by atoms with Crippen LogP contribution in [0.5, 0.6) is 17.2 Å². The lowest BCUT2D eigenvalue weighted by molar-refractivity contribution is -0.143. The van der Waals surface area contributed by atoms with E-state index >= 15 is 0 Å². The minimum Gasteiger partial charge on any atom is -0.491 e. The molecule has 3 aromatic rings. The molecule has 1 amide bonds. The number of hydrogen-bond donors (Lipinski definition) is 2. The number of carbonyl (C=O) groups excluding carboxylic acids is 1. The highest BCUT2D eigenvalue weighted by molar-refractivity contribution is 5.94. The maximum absolute atomic E-state index is 13.8. The third-order valence-corrected chi connectivity index (χ3v) is 8.48. The second kappa shape index (κ2) is 14.1. The number of amides is 1. The molecular weight excluding hydrogens is 560 g/mol. The van der Waals surface area contributed by atoms with Crippen LogP contribution in [0.4, 0.5) is 5.69 Å². The first kappa shape index (κ1) is 31.3. The zero-order valence-electron chi connectivity index (χ0n) is 25.9. The highest BCUT2D eigenvalue weighted by atomic mass is 16.6. The van der Waals surface area contributed by atoms with E-state index in [1.165, 1.54) is 0 Å². The molecule has 2 heterocycles. The van der Waals surface area contributed by atoms with E-state index in [-0.39, 0.29) is 12.5 Å². The van der Waals surface area contributed by atoms with E-state index < -0.39 is 23.8 Å². The maximum atomic E-state index is 13.8. The number of nitrogens with one attached hydrogen (secondary N) is 1. The van der Waals surface area contributed by atoms with Crippen molar-refractivity contribution in [2.75, 3.05) is 51.9 Å². The Morgan fingerprint density at radius 2 is 1.68 bits per heavy atom. The Balaban J connectivity index is 1.52. The average molecular weight is 603 g/mol. The fourth-order valence-corrected chi connectivity index (χ4v) is 6.51. The smallest absolute Gasteiger partial charge is 0.309 e. The van der Waals surface area contributed by atoms with Gasteiger partial charge in [0.1, 0.15) is 25.6 Å². The number of anilines is 1. The highest BCUT2D eigenvalue weighted by Crippen LogP contribution is 2.49. The molecule has 3 aromatic carbocycles. The van der Waals surface area contributed by atoms with Gasteiger partial charge >= 0.3 is 5.97 Å². The molecule has 0 radical (unpaired) electrons. The largest absolute Gasteiger partial charge is 0.491 e.